The molecule has 0 radical (unpaired) electrons. The SMILES string of the molecule is CCc1ccc(OCC(=O)N(CC)CCC(=O)Nc2ccc(C(N)=O)cc2)cc1. The molecule has 7 nitrogen and oxygen atoms in total. The summed E-state index contributed by atoms with van der Waals surface area (Å²) in [6.45, 7) is 4.63. The summed E-state index contributed by atoms with van der Waals surface area (Å²) in [6.07, 6.45) is 1.10. The zero-order chi connectivity index (χ0) is 21.2. The summed E-state index contributed by atoms with van der Waals surface area (Å²) in [4.78, 5) is 37.2. The molecule has 0 saturated heterocycles. The second-order valence-electron chi connectivity index (χ2n) is 6.50. The Balaban J connectivity index is 1.79. The number of hydrogen-bond donors (Lipinski definition) is 2. The third-order valence-corrected chi connectivity index (χ3v) is 4.49. The topological polar surface area (TPSA) is 102 Å². The first-order chi connectivity index (χ1) is 13.9. The lowest BCUT2D eigenvalue weighted by Crippen LogP contribution is -2.37. The molecule has 7 heteroatoms. The van der Waals surface area contributed by atoms with E-state index in [0.29, 0.717) is 30.1 Å². The van der Waals surface area contributed by atoms with Crippen LogP contribution in [0.25, 0.3) is 0 Å². The highest BCUT2D eigenvalue weighted by molar-refractivity contribution is 5.94. The summed E-state index contributed by atoms with van der Waals surface area (Å²) in [5.41, 5.74) is 7.33. The van der Waals surface area contributed by atoms with E-state index >= 15 is 0 Å². The predicted molar refractivity (Wildman–Crippen MR) is 112 cm³/mol. The number of carbonyl (C=O) groups is 3. The van der Waals surface area contributed by atoms with Crippen molar-refractivity contribution in [2.24, 2.45) is 5.73 Å². The smallest absolute Gasteiger partial charge is 0.260 e. The molecular weight excluding hydrogens is 370 g/mol. The number of nitrogens with two attached hydrogens (primary N) is 1. The van der Waals surface area contributed by atoms with Gasteiger partial charge in [-0.05, 0) is 55.3 Å². The zero-order valence-electron chi connectivity index (χ0n) is 16.8. The fourth-order valence-electron chi connectivity index (χ4n) is 2.69. The third kappa shape index (κ3) is 6.95. The van der Waals surface area contributed by atoms with Gasteiger partial charge >= 0.3 is 0 Å². The summed E-state index contributed by atoms with van der Waals surface area (Å²) in [5, 5.41) is 2.73. The van der Waals surface area contributed by atoms with E-state index in [1.54, 1.807) is 29.2 Å². The molecule has 0 aliphatic carbocycles. The van der Waals surface area contributed by atoms with Crippen molar-refractivity contribution < 1.29 is 19.1 Å². The van der Waals surface area contributed by atoms with E-state index in [4.69, 9.17) is 10.5 Å². The van der Waals surface area contributed by atoms with Crippen molar-refractivity contribution >= 4 is 23.4 Å². The number of rotatable bonds is 10. The van der Waals surface area contributed by atoms with Crippen molar-refractivity contribution in [1.29, 1.82) is 0 Å². The minimum Gasteiger partial charge on any atom is -0.484 e. The molecule has 0 aliphatic heterocycles. The van der Waals surface area contributed by atoms with Gasteiger partial charge in [0.05, 0.1) is 0 Å². The summed E-state index contributed by atoms with van der Waals surface area (Å²) in [7, 11) is 0. The number of aryl methyl sites for hydroxylation is 1. The van der Waals surface area contributed by atoms with Gasteiger partial charge in [0.25, 0.3) is 5.91 Å². The number of carbonyl (C=O) groups excluding carboxylic acids is 3. The predicted octanol–water partition coefficient (Wildman–Crippen LogP) is 2.60. The first kappa shape index (κ1) is 21.9. The Hall–Kier alpha value is -3.35. The molecule has 29 heavy (non-hydrogen) atoms. The molecule has 0 bridgehead atoms. The minimum absolute atomic E-state index is 0.0739. The Labute approximate surface area is 170 Å². The zero-order valence-corrected chi connectivity index (χ0v) is 16.8. The summed E-state index contributed by atoms with van der Waals surface area (Å²) >= 11 is 0. The van der Waals surface area contributed by atoms with Gasteiger partial charge in [0.15, 0.2) is 6.61 Å². The molecule has 0 saturated carbocycles. The maximum Gasteiger partial charge on any atom is 0.260 e. The summed E-state index contributed by atoms with van der Waals surface area (Å²) in [5.74, 6) is -0.280. The fourth-order valence-corrected chi connectivity index (χ4v) is 2.69. The highest BCUT2D eigenvalue weighted by atomic mass is 16.5. The summed E-state index contributed by atoms with van der Waals surface area (Å²) in [6, 6.07) is 13.9. The lowest BCUT2D eigenvalue weighted by Gasteiger charge is -2.20. The van der Waals surface area contributed by atoms with Crippen LogP contribution in [0, 0.1) is 0 Å². The van der Waals surface area contributed by atoms with Gasteiger partial charge < -0.3 is 20.7 Å². The minimum atomic E-state index is -0.525. The molecule has 2 aromatic rings. The molecular formula is C22H27N3O4. The van der Waals surface area contributed by atoms with Crippen LogP contribution in [0.15, 0.2) is 48.5 Å². The number of nitrogens with zero attached hydrogens (tertiary/aromatic N) is 1. The van der Waals surface area contributed by atoms with Gasteiger partial charge in [0, 0.05) is 30.8 Å². The van der Waals surface area contributed by atoms with Crippen molar-refractivity contribution in [3.05, 3.63) is 59.7 Å². The molecule has 0 aliphatic rings. The van der Waals surface area contributed by atoms with E-state index in [1.807, 2.05) is 31.2 Å². The molecule has 2 rings (SSSR count). The first-order valence-electron chi connectivity index (χ1n) is 9.62. The van der Waals surface area contributed by atoms with Gasteiger partial charge in [0.2, 0.25) is 11.8 Å². The monoisotopic (exact) mass is 397 g/mol. The van der Waals surface area contributed by atoms with Gasteiger partial charge in [-0.2, -0.15) is 0 Å². The number of amides is 3. The van der Waals surface area contributed by atoms with Crippen molar-refractivity contribution in [3.63, 3.8) is 0 Å². The Kier molecular flexibility index (Phi) is 8.21. The second-order valence-corrected chi connectivity index (χ2v) is 6.50. The largest absolute Gasteiger partial charge is 0.484 e. The van der Waals surface area contributed by atoms with Gasteiger partial charge in [0.1, 0.15) is 5.75 Å². The quantitative estimate of drug-likeness (QED) is 0.643. The number of ether oxygens (including phenoxy) is 1. The number of anilines is 1. The maximum absolute atomic E-state index is 12.4. The van der Waals surface area contributed by atoms with Gasteiger partial charge in [-0.1, -0.05) is 19.1 Å². The number of hydrogen-bond acceptors (Lipinski definition) is 4. The van der Waals surface area contributed by atoms with E-state index in [9.17, 15) is 14.4 Å². The van der Waals surface area contributed by atoms with Crippen LogP contribution in [-0.4, -0.2) is 42.3 Å². The van der Waals surface area contributed by atoms with Crippen LogP contribution >= 0.6 is 0 Å². The molecule has 2 aromatic carbocycles. The van der Waals surface area contributed by atoms with E-state index in [0.717, 1.165) is 6.42 Å². The highest BCUT2D eigenvalue weighted by Crippen LogP contribution is 2.13. The number of benzene rings is 2. The number of primary amides is 1. The Morgan fingerprint density at radius 2 is 1.66 bits per heavy atom. The fraction of sp³-hybridized carbons (Fsp3) is 0.318. The lowest BCUT2D eigenvalue weighted by molar-refractivity contribution is -0.133. The standard InChI is InChI=1S/C22H27N3O4/c1-3-16-5-11-19(12-6-16)29-15-21(27)25(4-2)14-13-20(26)24-18-9-7-17(8-10-18)22(23)28/h5-12H,3-4,13-15H2,1-2H3,(H2,23,28)(H,24,26). The molecule has 0 aromatic heterocycles. The first-order valence-corrected chi connectivity index (χ1v) is 9.62. The molecule has 0 unspecified atom stereocenters. The highest BCUT2D eigenvalue weighted by Gasteiger charge is 2.14. The number of likely N-dealkylation sites (N-methyl/N-ethyl adjacent to an activating group) is 1. The van der Waals surface area contributed by atoms with Crippen molar-refractivity contribution in [3.8, 4) is 5.75 Å². The Morgan fingerprint density at radius 3 is 2.21 bits per heavy atom. The van der Waals surface area contributed by atoms with Crippen LogP contribution in [0.4, 0.5) is 5.69 Å². The second kappa shape index (κ2) is 10.8. The van der Waals surface area contributed by atoms with Crippen LogP contribution in [0.2, 0.25) is 0 Å². The van der Waals surface area contributed by atoms with E-state index in [-0.39, 0.29) is 24.8 Å². The van der Waals surface area contributed by atoms with E-state index in [2.05, 4.69) is 12.2 Å². The average Bonchev–Trinajstić information content (AvgIpc) is 2.73. The van der Waals surface area contributed by atoms with Crippen molar-refractivity contribution in [1.82, 2.24) is 4.90 Å². The maximum atomic E-state index is 12.4. The number of nitrogens with one attached hydrogen (secondary N) is 1. The van der Waals surface area contributed by atoms with Gasteiger partial charge in [-0.25, -0.2) is 0 Å². The average molecular weight is 397 g/mol. The Morgan fingerprint density at radius 1 is 1.00 bits per heavy atom. The van der Waals surface area contributed by atoms with Crippen LogP contribution in [0.1, 0.15) is 36.2 Å². The molecule has 154 valence electrons. The molecule has 0 heterocycles. The molecule has 0 spiro atoms. The summed E-state index contributed by atoms with van der Waals surface area (Å²) < 4.78 is 5.55. The van der Waals surface area contributed by atoms with Gasteiger partial charge in [-0.3, -0.25) is 14.4 Å². The van der Waals surface area contributed by atoms with Crippen LogP contribution < -0.4 is 15.8 Å². The Bertz CT molecular complexity index is 832. The molecule has 0 fully saturated rings. The van der Waals surface area contributed by atoms with E-state index in [1.165, 1.54) is 5.56 Å². The molecule has 0 atom stereocenters. The molecule has 3 N–H and O–H groups in total. The third-order valence-electron chi connectivity index (χ3n) is 4.49. The molecule has 3 amide bonds. The van der Waals surface area contributed by atoms with Crippen molar-refractivity contribution in [2.75, 3.05) is 25.0 Å². The van der Waals surface area contributed by atoms with Crippen LogP contribution in [-0.2, 0) is 16.0 Å². The lowest BCUT2D eigenvalue weighted by atomic mass is 10.2. The van der Waals surface area contributed by atoms with Crippen LogP contribution in [0.5, 0.6) is 5.75 Å². The van der Waals surface area contributed by atoms with Crippen LogP contribution in [0.3, 0.4) is 0 Å². The van der Waals surface area contributed by atoms with Crippen molar-refractivity contribution in [2.45, 2.75) is 26.7 Å². The van der Waals surface area contributed by atoms with Gasteiger partial charge in [-0.15, -0.1) is 0 Å². The normalized spacial score (nSPS) is 10.3. The van der Waals surface area contributed by atoms with E-state index < -0.39 is 5.91 Å².